The van der Waals surface area contributed by atoms with Crippen LogP contribution < -0.4 is 10.1 Å². The molecule has 0 saturated carbocycles. The molecular weight excluding hydrogens is 501 g/mol. The molecule has 39 heavy (non-hydrogen) atoms. The van der Waals surface area contributed by atoms with E-state index in [0.29, 0.717) is 23.4 Å². The fraction of sp³-hybridized carbons (Fsp3) is 0.379. The molecule has 2 fully saturated rings. The van der Waals surface area contributed by atoms with Crippen LogP contribution in [-0.2, 0) is 9.53 Å². The Kier molecular flexibility index (Phi) is 6.64. The van der Waals surface area contributed by atoms with Gasteiger partial charge in [-0.05, 0) is 61.7 Å². The number of benzene rings is 2. The molecule has 0 radical (unpaired) electrons. The largest absolute Gasteiger partial charge is 0.508 e. The van der Waals surface area contributed by atoms with Crippen LogP contribution in [0.15, 0.2) is 42.6 Å². The van der Waals surface area contributed by atoms with Crippen molar-refractivity contribution in [3.8, 4) is 23.0 Å². The van der Waals surface area contributed by atoms with Gasteiger partial charge in [-0.25, -0.2) is 4.39 Å². The summed E-state index contributed by atoms with van der Waals surface area (Å²) in [7, 11) is 1.33. The molecule has 0 unspecified atom stereocenters. The first-order valence-corrected chi connectivity index (χ1v) is 13.2. The Bertz CT molecular complexity index is 1550. The van der Waals surface area contributed by atoms with E-state index < -0.39 is 5.82 Å². The highest BCUT2D eigenvalue weighted by atomic mass is 19.1. The lowest BCUT2D eigenvalue weighted by molar-refractivity contribution is -0.140. The molecule has 202 valence electrons. The van der Waals surface area contributed by atoms with Gasteiger partial charge in [0.1, 0.15) is 29.4 Å². The number of nitrogens with zero attached hydrogens (tertiary/aromatic N) is 4. The third kappa shape index (κ3) is 4.69. The number of phenolic OH excluding ortho intramolecular Hbond substituents is 1. The quantitative estimate of drug-likeness (QED) is 0.313. The van der Waals surface area contributed by atoms with E-state index in [1.807, 2.05) is 24.3 Å². The first-order chi connectivity index (χ1) is 19.0. The minimum absolute atomic E-state index is 0.0128. The van der Waals surface area contributed by atoms with Crippen molar-refractivity contribution < 1.29 is 23.8 Å². The molecule has 0 atom stereocenters. The second-order valence-corrected chi connectivity index (χ2v) is 10.2. The first-order valence-electron chi connectivity index (χ1n) is 13.2. The number of rotatable bonds is 8. The monoisotopic (exact) mass is 531 g/mol. The molecule has 0 aliphatic carbocycles. The van der Waals surface area contributed by atoms with E-state index in [0.717, 1.165) is 49.5 Å². The molecule has 0 spiro atoms. The zero-order valence-electron chi connectivity index (χ0n) is 21.7. The van der Waals surface area contributed by atoms with Gasteiger partial charge in [0.25, 0.3) is 0 Å². The third-order valence-corrected chi connectivity index (χ3v) is 7.90. The van der Waals surface area contributed by atoms with E-state index in [-0.39, 0.29) is 47.4 Å². The summed E-state index contributed by atoms with van der Waals surface area (Å²) in [5.74, 6) is -0.682. The van der Waals surface area contributed by atoms with Gasteiger partial charge in [0.05, 0.1) is 24.5 Å². The van der Waals surface area contributed by atoms with Gasteiger partial charge in [0.15, 0.2) is 5.82 Å². The molecule has 2 aliphatic heterocycles. The summed E-state index contributed by atoms with van der Waals surface area (Å²) in [4.78, 5) is 27.6. The summed E-state index contributed by atoms with van der Waals surface area (Å²) in [6.45, 7) is 2.78. The average Bonchev–Trinajstić information content (AvgIpc) is 3.52. The van der Waals surface area contributed by atoms with Crippen molar-refractivity contribution in [3.63, 3.8) is 0 Å². The molecule has 2 saturated heterocycles. The van der Waals surface area contributed by atoms with E-state index in [1.54, 1.807) is 6.07 Å². The van der Waals surface area contributed by atoms with E-state index >= 15 is 4.39 Å². The van der Waals surface area contributed by atoms with Crippen LogP contribution in [0, 0.1) is 5.82 Å². The van der Waals surface area contributed by atoms with Crippen molar-refractivity contribution in [3.05, 3.63) is 48.4 Å². The van der Waals surface area contributed by atoms with Crippen molar-refractivity contribution >= 4 is 33.5 Å². The number of hydrogen-bond donors (Lipinski definition) is 2. The maximum Gasteiger partial charge on any atom is 0.319 e. The molecule has 10 heteroatoms. The predicted octanol–water partition coefficient (Wildman–Crippen LogP) is 4.67. The molecule has 9 nitrogen and oxygen atoms in total. The number of aromatic nitrogens is 3. The Balaban J connectivity index is 1.41. The van der Waals surface area contributed by atoms with Crippen LogP contribution in [0.4, 0.5) is 10.2 Å². The van der Waals surface area contributed by atoms with Crippen LogP contribution >= 0.6 is 0 Å². The van der Waals surface area contributed by atoms with Gasteiger partial charge < -0.3 is 19.9 Å². The number of carbonyl (C=O) groups excluding carboxylic acids is 1. The van der Waals surface area contributed by atoms with Gasteiger partial charge in [-0.1, -0.05) is 24.3 Å². The highest BCUT2D eigenvalue weighted by Crippen LogP contribution is 2.40. The van der Waals surface area contributed by atoms with E-state index in [1.165, 1.54) is 19.4 Å². The number of aromatic hydroxyl groups is 1. The lowest BCUT2D eigenvalue weighted by Gasteiger charge is -2.31. The topological polar surface area (TPSA) is 110 Å². The summed E-state index contributed by atoms with van der Waals surface area (Å²) in [6.07, 6.45) is 5.98. The van der Waals surface area contributed by atoms with E-state index in [2.05, 4.69) is 25.2 Å². The van der Waals surface area contributed by atoms with Gasteiger partial charge in [0.2, 0.25) is 0 Å². The second kappa shape index (κ2) is 10.3. The number of phenols is 1. The zero-order valence-corrected chi connectivity index (χ0v) is 21.7. The van der Waals surface area contributed by atoms with Crippen molar-refractivity contribution in [1.29, 1.82) is 0 Å². The summed E-state index contributed by atoms with van der Waals surface area (Å²) in [5.41, 5.74) is 0.540. The fourth-order valence-electron chi connectivity index (χ4n) is 5.96. The number of ether oxygens (including phenoxy) is 2. The van der Waals surface area contributed by atoms with Crippen molar-refractivity contribution in [2.24, 2.45) is 0 Å². The number of nitrogens with one attached hydrogen (secondary N) is 1. The van der Waals surface area contributed by atoms with Gasteiger partial charge >= 0.3 is 12.0 Å². The van der Waals surface area contributed by atoms with E-state index in [9.17, 15) is 9.90 Å². The molecule has 2 aromatic heterocycles. The summed E-state index contributed by atoms with van der Waals surface area (Å²) in [5, 5.41) is 15.3. The van der Waals surface area contributed by atoms with Crippen LogP contribution in [0.25, 0.3) is 32.9 Å². The summed E-state index contributed by atoms with van der Waals surface area (Å²) in [6, 6.07) is 10.6. The van der Waals surface area contributed by atoms with Crippen LogP contribution in [0.5, 0.6) is 11.8 Å². The molecule has 6 rings (SSSR count). The Morgan fingerprint density at radius 1 is 1.15 bits per heavy atom. The predicted molar refractivity (Wildman–Crippen MR) is 145 cm³/mol. The third-order valence-electron chi connectivity index (χ3n) is 7.90. The minimum atomic E-state index is -0.645. The fourth-order valence-corrected chi connectivity index (χ4v) is 5.96. The highest BCUT2D eigenvalue weighted by Gasteiger charge is 2.45. The number of esters is 1. The maximum atomic E-state index is 16.2. The molecule has 4 heterocycles. The zero-order chi connectivity index (χ0) is 27.0. The summed E-state index contributed by atoms with van der Waals surface area (Å²) >= 11 is 0. The first kappa shape index (κ1) is 25.2. The van der Waals surface area contributed by atoms with Crippen molar-refractivity contribution in [1.82, 2.24) is 19.9 Å². The molecular formula is C29H30FN5O4. The Morgan fingerprint density at radius 2 is 1.95 bits per heavy atom. The normalized spacial score (nSPS) is 16.5. The van der Waals surface area contributed by atoms with Crippen LogP contribution in [0.3, 0.4) is 0 Å². The average molecular weight is 532 g/mol. The Hall–Kier alpha value is -4.05. The number of hydrogen-bond acceptors (Lipinski definition) is 9. The van der Waals surface area contributed by atoms with E-state index in [4.69, 9.17) is 9.47 Å². The molecule has 4 aromatic rings. The number of anilines is 1. The molecule has 0 amide bonds. The standard InChI is InChI=1S/C29H30FN5O4/c1-38-23(37)8-11-31-27-22-16-32-25(21-15-19(36)14-18-6-2-3-7-20(18)21)24(30)26(22)33-28(34-27)39-17-29-9-4-12-35(29)13-5-10-29/h2-3,6-7,14-16,36H,4-5,8-13,17H2,1H3,(H,31,33,34). The summed E-state index contributed by atoms with van der Waals surface area (Å²) < 4.78 is 27.1. The lowest BCUT2D eigenvalue weighted by Crippen LogP contribution is -2.43. The minimum Gasteiger partial charge on any atom is -0.508 e. The number of pyridine rings is 1. The smallest absolute Gasteiger partial charge is 0.319 e. The number of halogens is 1. The Labute approximate surface area is 225 Å². The van der Waals surface area contributed by atoms with Crippen LogP contribution in [-0.4, -0.2) is 69.8 Å². The SMILES string of the molecule is COC(=O)CCNc1nc(OCC23CCCN2CCC3)nc2c(F)c(-c3cc(O)cc4ccccc34)ncc12. The van der Waals surface area contributed by atoms with Gasteiger partial charge in [0, 0.05) is 18.3 Å². The lowest BCUT2D eigenvalue weighted by atomic mass is 9.95. The number of fused-ring (bicyclic) bond motifs is 3. The van der Waals surface area contributed by atoms with Crippen molar-refractivity contribution in [2.45, 2.75) is 37.6 Å². The number of methoxy groups -OCH3 is 1. The van der Waals surface area contributed by atoms with Crippen molar-refractivity contribution in [2.75, 3.05) is 38.7 Å². The van der Waals surface area contributed by atoms with Gasteiger partial charge in [-0.3, -0.25) is 14.7 Å². The molecule has 2 N–H and O–H groups in total. The van der Waals surface area contributed by atoms with Crippen LogP contribution in [0.1, 0.15) is 32.1 Å². The number of carbonyl (C=O) groups is 1. The highest BCUT2D eigenvalue weighted by molar-refractivity contribution is 5.99. The molecule has 2 aliphatic rings. The molecule has 0 bridgehead atoms. The van der Waals surface area contributed by atoms with Gasteiger partial charge in [-0.2, -0.15) is 9.97 Å². The maximum absolute atomic E-state index is 16.2. The Morgan fingerprint density at radius 3 is 2.74 bits per heavy atom. The van der Waals surface area contributed by atoms with Gasteiger partial charge in [-0.15, -0.1) is 0 Å². The second-order valence-electron chi connectivity index (χ2n) is 10.2. The van der Waals surface area contributed by atoms with Crippen LogP contribution in [0.2, 0.25) is 0 Å². The molecule has 2 aromatic carbocycles.